The highest BCUT2D eigenvalue weighted by atomic mass is 32.2. The summed E-state index contributed by atoms with van der Waals surface area (Å²) in [7, 11) is -3.63. The highest BCUT2D eigenvalue weighted by Gasteiger charge is 2.26. The van der Waals surface area contributed by atoms with Gasteiger partial charge in [0.25, 0.3) is 0 Å². The summed E-state index contributed by atoms with van der Waals surface area (Å²) >= 11 is 1.42. The number of nitrogens with one attached hydrogen (secondary N) is 1. The van der Waals surface area contributed by atoms with Gasteiger partial charge in [-0.25, -0.2) is 8.42 Å². The van der Waals surface area contributed by atoms with Crippen LogP contribution in [0.1, 0.15) is 29.2 Å². The van der Waals surface area contributed by atoms with E-state index in [1.54, 1.807) is 12.1 Å². The molecule has 28 heavy (non-hydrogen) atoms. The van der Waals surface area contributed by atoms with Crippen molar-refractivity contribution in [3.05, 3.63) is 34.8 Å². The van der Waals surface area contributed by atoms with E-state index in [1.165, 1.54) is 27.8 Å². The Morgan fingerprint density at radius 2 is 2.04 bits per heavy atom. The zero-order valence-electron chi connectivity index (χ0n) is 15.9. The standard InChI is InChI=1S/C18H24N4O4S2/c1-13(2)10-17-20-21-18(27-17)19-12-16(23)14-4-3-5-15(11-14)28(24,25)22-6-8-26-9-7-22/h3-5,11,13H,6-10,12H2,1-2H3,(H,19,21). The number of carbonyl (C=O) groups is 1. The SMILES string of the molecule is CC(C)Cc1nnc(NCC(=O)c2cccc(S(=O)(=O)N3CCOCC3)c2)s1. The Morgan fingerprint density at radius 1 is 1.29 bits per heavy atom. The van der Waals surface area contributed by atoms with Crippen molar-refractivity contribution in [2.75, 3.05) is 38.2 Å². The fourth-order valence-electron chi connectivity index (χ4n) is 2.78. The molecule has 2 aromatic rings. The van der Waals surface area contributed by atoms with Crippen LogP contribution in [-0.2, 0) is 21.2 Å². The summed E-state index contributed by atoms with van der Waals surface area (Å²) in [6.07, 6.45) is 0.842. The summed E-state index contributed by atoms with van der Waals surface area (Å²) in [5.41, 5.74) is 0.341. The Bertz CT molecular complexity index is 921. The number of hydrogen-bond donors (Lipinski definition) is 1. The molecule has 0 radical (unpaired) electrons. The number of sulfonamides is 1. The van der Waals surface area contributed by atoms with Gasteiger partial charge in [0.05, 0.1) is 24.7 Å². The molecule has 8 nitrogen and oxygen atoms in total. The van der Waals surface area contributed by atoms with Gasteiger partial charge < -0.3 is 10.1 Å². The number of rotatable bonds is 8. The van der Waals surface area contributed by atoms with Crippen LogP contribution in [0.2, 0.25) is 0 Å². The first-order valence-electron chi connectivity index (χ1n) is 9.13. The molecule has 1 aromatic carbocycles. The molecular formula is C18H24N4O4S2. The molecule has 0 aliphatic carbocycles. The summed E-state index contributed by atoms with van der Waals surface area (Å²) in [6, 6.07) is 6.15. The average molecular weight is 425 g/mol. The maximum absolute atomic E-state index is 12.8. The first kappa shape index (κ1) is 20.8. The van der Waals surface area contributed by atoms with E-state index in [1.807, 2.05) is 0 Å². The van der Waals surface area contributed by atoms with Gasteiger partial charge in [-0.2, -0.15) is 4.31 Å². The zero-order chi connectivity index (χ0) is 20.1. The van der Waals surface area contributed by atoms with Crippen LogP contribution >= 0.6 is 11.3 Å². The molecule has 1 N–H and O–H groups in total. The lowest BCUT2D eigenvalue weighted by Crippen LogP contribution is -2.40. The molecule has 0 bridgehead atoms. The number of benzene rings is 1. The minimum Gasteiger partial charge on any atom is -0.379 e. The van der Waals surface area contributed by atoms with E-state index < -0.39 is 10.0 Å². The average Bonchev–Trinajstić information content (AvgIpc) is 3.13. The van der Waals surface area contributed by atoms with Crippen LogP contribution in [0.15, 0.2) is 29.2 Å². The normalized spacial score (nSPS) is 15.7. The molecule has 1 aliphatic rings. The number of anilines is 1. The number of nitrogens with zero attached hydrogens (tertiary/aromatic N) is 3. The lowest BCUT2D eigenvalue weighted by Gasteiger charge is -2.26. The number of hydrogen-bond acceptors (Lipinski definition) is 8. The van der Waals surface area contributed by atoms with Crippen molar-refractivity contribution in [3.63, 3.8) is 0 Å². The molecular weight excluding hydrogens is 400 g/mol. The second-order valence-corrected chi connectivity index (χ2v) is 9.92. The van der Waals surface area contributed by atoms with Crippen LogP contribution in [0, 0.1) is 5.92 Å². The van der Waals surface area contributed by atoms with Crippen LogP contribution in [0.5, 0.6) is 0 Å². The van der Waals surface area contributed by atoms with Crippen molar-refractivity contribution >= 4 is 32.3 Å². The number of morpholine rings is 1. The van der Waals surface area contributed by atoms with Crippen molar-refractivity contribution in [2.24, 2.45) is 5.92 Å². The van der Waals surface area contributed by atoms with E-state index in [4.69, 9.17) is 4.74 Å². The monoisotopic (exact) mass is 424 g/mol. The molecule has 152 valence electrons. The van der Waals surface area contributed by atoms with E-state index in [2.05, 4.69) is 29.4 Å². The fraction of sp³-hybridized carbons (Fsp3) is 0.500. The zero-order valence-corrected chi connectivity index (χ0v) is 17.6. The van der Waals surface area contributed by atoms with Crippen molar-refractivity contribution in [1.82, 2.24) is 14.5 Å². The van der Waals surface area contributed by atoms with Crippen molar-refractivity contribution in [3.8, 4) is 0 Å². The smallest absolute Gasteiger partial charge is 0.243 e. The summed E-state index contributed by atoms with van der Waals surface area (Å²) < 4.78 is 32.1. The second kappa shape index (κ2) is 9.08. The minimum absolute atomic E-state index is 0.0252. The third kappa shape index (κ3) is 5.13. The van der Waals surface area contributed by atoms with Crippen molar-refractivity contribution in [1.29, 1.82) is 0 Å². The Hall–Kier alpha value is -1.88. The molecule has 1 saturated heterocycles. The summed E-state index contributed by atoms with van der Waals surface area (Å²) in [5.74, 6) is 0.276. The highest BCUT2D eigenvalue weighted by Crippen LogP contribution is 2.20. The van der Waals surface area contributed by atoms with E-state index in [-0.39, 0.29) is 17.2 Å². The van der Waals surface area contributed by atoms with E-state index >= 15 is 0 Å². The number of ketones is 1. The maximum Gasteiger partial charge on any atom is 0.243 e. The summed E-state index contributed by atoms with van der Waals surface area (Å²) in [6.45, 7) is 5.63. The van der Waals surface area contributed by atoms with Gasteiger partial charge in [-0.15, -0.1) is 10.2 Å². The Labute approximate surface area is 169 Å². The fourth-order valence-corrected chi connectivity index (χ4v) is 5.18. The van der Waals surface area contributed by atoms with Crippen molar-refractivity contribution in [2.45, 2.75) is 25.2 Å². The number of Topliss-reactive ketones (excluding diaryl/α,β-unsaturated/α-hetero) is 1. The van der Waals surface area contributed by atoms with Gasteiger partial charge in [-0.3, -0.25) is 4.79 Å². The number of aromatic nitrogens is 2. The minimum atomic E-state index is -3.63. The van der Waals surface area contributed by atoms with Gasteiger partial charge in [0.1, 0.15) is 5.01 Å². The first-order valence-corrected chi connectivity index (χ1v) is 11.4. The number of ether oxygens (including phenoxy) is 1. The van der Waals surface area contributed by atoms with Crippen LogP contribution in [0.3, 0.4) is 0 Å². The summed E-state index contributed by atoms with van der Waals surface area (Å²) in [5, 5.41) is 12.6. The number of carbonyl (C=O) groups excluding carboxylic acids is 1. The van der Waals surface area contributed by atoms with Gasteiger partial charge in [-0.1, -0.05) is 37.3 Å². The molecule has 2 heterocycles. The molecule has 0 saturated carbocycles. The molecule has 1 aliphatic heterocycles. The summed E-state index contributed by atoms with van der Waals surface area (Å²) in [4.78, 5) is 12.6. The van der Waals surface area contributed by atoms with Crippen LogP contribution in [0.4, 0.5) is 5.13 Å². The van der Waals surface area contributed by atoms with E-state index in [0.29, 0.717) is 42.9 Å². The van der Waals surface area contributed by atoms with Gasteiger partial charge in [0.15, 0.2) is 5.78 Å². The largest absolute Gasteiger partial charge is 0.379 e. The molecule has 0 unspecified atom stereocenters. The molecule has 10 heteroatoms. The van der Waals surface area contributed by atoms with Crippen LogP contribution in [0.25, 0.3) is 0 Å². The molecule has 0 atom stereocenters. The third-order valence-corrected chi connectivity index (χ3v) is 7.01. The van der Waals surface area contributed by atoms with E-state index in [9.17, 15) is 13.2 Å². The van der Waals surface area contributed by atoms with Crippen LogP contribution < -0.4 is 5.32 Å². The predicted octanol–water partition coefficient (Wildman–Crippen LogP) is 2.05. The third-order valence-electron chi connectivity index (χ3n) is 4.21. The molecule has 0 amide bonds. The molecule has 1 fully saturated rings. The van der Waals surface area contributed by atoms with Gasteiger partial charge >= 0.3 is 0 Å². The maximum atomic E-state index is 12.8. The predicted molar refractivity (Wildman–Crippen MR) is 107 cm³/mol. The highest BCUT2D eigenvalue weighted by molar-refractivity contribution is 7.89. The second-order valence-electron chi connectivity index (χ2n) is 6.92. The quantitative estimate of drug-likeness (QED) is 0.647. The lowest BCUT2D eigenvalue weighted by atomic mass is 10.1. The Morgan fingerprint density at radius 3 is 2.75 bits per heavy atom. The Balaban J connectivity index is 1.66. The molecule has 3 rings (SSSR count). The Kier molecular flexibility index (Phi) is 6.76. The van der Waals surface area contributed by atoms with Crippen molar-refractivity contribution < 1.29 is 17.9 Å². The van der Waals surface area contributed by atoms with Gasteiger partial charge in [-0.05, 0) is 18.1 Å². The van der Waals surface area contributed by atoms with E-state index in [0.717, 1.165) is 11.4 Å². The first-order chi connectivity index (χ1) is 13.4. The lowest BCUT2D eigenvalue weighted by molar-refractivity contribution is 0.0730. The molecule has 1 aromatic heterocycles. The van der Waals surface area contributed by atoms with Gasteiger partial charge in [0, 0.05) is 25.1 Å². The topological polar surface area (TPSA) is 101 Å². The molecule has 0 spiro atoms. The van der Waals surface area contributed by atoms with Crippen LogP contribution in [-0.4, -0.2) is 61.6 Å². The van der Waals surface area contributed by atoms with Gasteiger partial charge in [0.2, 0.25) is 15.2 Å².